The molecule has 0 aliphatic carbocycles. The first kappa shape index (κ1) is 26.3. The third-order valence-corrected chi connectivity index (χ3v) is 7.81. The summed E-state index contributed by atoms with van der Waals surface area (Å²) in [7, 11) is 3.30. The molecule has 39 heavy (non-hydrogen) atoms. The minimum Gasteiger partial charge on any atom is -0.496 e. The van der Waals surface area contributed by atoms with Crippen molar-refractivity contribution in [3.05, 3.63) is 59.8 Å². The van der Waals surface area contributed by atoms with Crippen LogP contribution in [0.3, 0.4) is 0 Å². The van der Waals surface area contributed by atoms with Gasteiger partial charge in [-0.1, -0.05) is 43.3 Å². The summed E-state index contributed by atoms with van der Waals surface area (Å²) in [6.07, 6.45) is 1.97. The number of likely N-dealkylation sites (tertiary alicyclic amines) is 1. The monoisotopic (exact) mass is 531 g/mol. The summed E-state index contributed by atoms with van der Waals surface area (Å²) in [5.41, 5.74) is 1.75. The van der Waals surface area contributed by atoms with Crippen LogP contribution in [0, 0.1) is 5.92 Å². The predicted octanol–water partition coefficient (Wildman–Crippen LogP) is 3.30. The number of carbonyl (C=O) groups is 3. The number of para-hydroxylation sites is 1. The van der Waals surface area contributed by atoms with Gasteiger partial charge in [-0.05, 0) is 48.6 Å². The zero-order chi connectivity index (χ0) is 27.9. The Labute approximate surface area is 226 Å². The minimum atomic E-state index is -0.951. The third kappa shape index (κ3) is 4.39. The Kier molecular flexibility index (Phi) is 6.80. The van der Waals surface area contributed by atoms with E-state index in [4.69, 9.17) is 4.74 Å². The van der Waals surface area contributed by atoms with Gasteiger partial charge in [-0.25, -0.2) is 0 Å². The smallest absolute Gasteiger partial charge is 0.268 e. The molecule has 3 heterocycles. The van der Waals surface area contributed by atoms with E-state index in [2.05, 4.69) is 15.5 Å². The quantitative estimate of drug-likeness (QED) is 0.245. The number of nitrogens with zero attached hydrogens (tertiary/aromatic N) is 3. The lowest BCUT2D eigenvalue weighted by Crippen LogP contribution is -2.52. The number of carbonyl (C=O) groups excluding carboxylic acids is 3. The fraction of sp³-hybridized carbons (Fsp3) is 0.379. The number of likely N-dealkylation sites (N-methyl/N-ethyl adjacent to an activating group) is 1. The second-order valence-corrected chi connectivity index (χ2v) is 10.7. The molecule has 3 N–H and O–H groups in total. The molecule has 1 saturated heterocycles. The molecule has 1 aromatic heterocycles. The number of hydrogen-bond donors (Lipinski definition) is 3. The molecular weight excluding hydrogens is 498 g/mol. The molecule has 0 radical (unpaired) electrons. The van der Waals surface area contributed by atoms with Crippen LogP contribution in [-0.2, 0) is 15.0 Å². The Bertz CT molecular complexity index is 1460. The summed E-state index contributed by atoms with van der Waals surface area (Å²) in [5.74, 6) is -0.115. The first-order valence-corrected chi connectivity index (χ1v) is 13.0. The third-order valence-electron chi connectivity index (χ3n) is 7.81. The number of nitrogens with one attached hydrogen (secondary N) is 2. The van der Waals surface area contributed by atoms with Crippen LogP contribution in [0.15, 0.2) is 53.7 Å². The van der Waals surface area contributed by atoms with E-state index in [1.165, 1.54) is 6.21 Å². The molecule has 2 aromatic carbocycles. The summed E-state index contributed by atoms with van der Waals surface area (Å²) in [5, 5.41) is 16.3. The van der Waals surface area contributed by atoms with Gasteiger partial charge >= 0.3 is 0 Å². The van der Waals surface area contributed by atoms with Crippen LogP contribution in [0.5, 0.6) is 5.75 Å². The highest BCUT2D eigenvalue weighted by molar-refractivity contribution is 6.09. The summed E-state index contributed by atoms with van der Waals surface area (Å²) in [6, 6.07) is 13.3. The number of hydrogen-bond acceptors (Lipinski definition) is 6. The molecule has 0 unspecified atom stereocenters. The number of aromatic amines is 1. The highest BCUT2D eigenvalue weighted by Crippen LogP contribution is 2.48. The fourth-order valence-electron chi connectivity index (χ4n) is 6.01. The average Bonchev–Trinajstić information content (AvgIpc) is 3.59. The molecule has 5 rings (SSSR count). The molecule has 3 aromatic rings. The van der Waals surface area contributed by atoms with Gasteiger partial charge in [0.15, 0.2) is 0 Å². The summed E-state index contributed by atoms with van der Waals surface area (Å²) in [6.45, 7) is 4.07. The van der Waals surface area contributed by atoms with Crippen molar-refractivity contribution in [1.29, 1.82) is 0 Å². The molecule has 0 saturated carbocycles. The minimum absolute atomic E-state index is 0.101. The Morgan fingerprint density at radius 2 is 2.03 bits per heavy atom. The molecule has 3 amide bonds. The summed E-state index contributed by atoms with van der Waals surface area (Å²) >= 11 is 0. The second-order valence-electron chi connectivity index (χ2n) is 10.7. The Morgan fingerprint density at radius 3 is 2.74 bits per heavy atom. The number of anilines is 1. The number of amides is 3. The van der Waals surface area contributed by atoms with Gasteiger partial charge < -0.3 is 30.0 Å². The van der Waals surface area contributed by atoms with Gasteiger partial charge in [-0.3, -0.25) is 14.4 Å². The predicted molar refractivity (Wildman–Crippen MR) is 147 cm³/mol. The van der Waals surface area contributed by atoms with E-state index >= 15 is 0 Å². The van der Waals surface area contributed by atoms with E-state index in [-0.39, 0.29) is 30.7 Å². The van der Waals surface area contributed by atoms with Crippen molar-refractivity contribution >= 4 is 40.5 Å². The van der Waals surface area contributed by atoms with E-state index in [0.717, 1.165) is 22.2 Å². The molecule has 204 valence electrons. The Balaban J connectivity index is 1.45. The van der Waals surface area contributed by atoms with Crippen LogP contribution in [0.1, 0.15) is 42.7 Å². The van der Waals surface area contributed by atoms with E-state index in [9.17, 15) is 19.6 Å². The number of H-pyrrole nitrogens is 1. The summed E-state index contributed by atoms with van der Waals surface area (Å²) < 4.78 is 5.41. The number of methoxy groups -OCH3 is 1. The van der Waals surface area contributed by atoms with E-state index in [1.54, 1.807) is 30.0 Å². The molecule has 2 aliphatic heterocycles. The zero-order valence-corrected chi connectivity index (χ0v) is 22.5. The van der Waals surface area contributed by atoms with Gasteiger partial charge in [0.05, 0.1) is 24.8 Å². The van der Waals surface area contributed by atoms with Crippen LogP contribution in [-0.4, -0.2) is 71.8 Å². The van der Waals surface area contributed by atoms with Gasteiger partial charge in [0, 0.05) is 30.2 Å². The van der Waals surface area contributed by atoms with Crippen molar-refractivity contribution in [3.8, 4) is 5.75 Å². The number of rotatable bonds is 7. The van der Waals surface area contributed by atoms with E-state index < -0.39 is 23.4 Å². The van der Waals surface area contributed by atoms with Crippen molar-refractivity contribution in [2.24, 2.45) is 11.1 Å². The molecule has 2 aliphatic rings. The lowest BCUT2D eigenvalue weighted by atomic mass is 9.79. The molecule has 10 heteroatoms. The van der Waals surface area contributed by atoms with E-state index in [1.807, 2.05) is 56.3 Å². The average molecular weight is 532 g/mol. The van der Waals surface area contributed by atoms with Gasteiger partial charge in [0.1, 0.15) is 17.5 Å². The maximum atomic E-state index is 14.1. The molecule has 3 atom stereocenters. The van der Waals surface area contributed by atoms with E-state index in [0.29, 0.717) is 17.9 Å². The van der Waals surface area contributed by atoms with Crippen molar-refractivity contribution < 1.29 is 24.3 Å². The van der Waals surface area contributed by atoms with Crippen LogP contribution in [0.4, 0.5) is 5.69 Å². The normalized spacial score (nSPS) is 21.4. The van der Waals surface area contributed by atoms with Crippen LogP contribution >= 0.6 is 0 Å². The first-order valence-electron chi connectivity index (χ1n) is 13.0. The molecule has 10 nitrogen and oxygen atoms in total. The van der Waals surface area contributed by atoms with Crippen LogP contribution in [0.2, 0.25) is 0 Å². The maximum Gasteiger partial charge on any atom is 0.268 e. The Morgan fingerprint density at radius 1 is 1.26 bits per heavy atom. The zero-order valence-electron chi connectivity index (χ0n) is 22.5. The van der Waals surface area contributed by atoms with Gasteiger partial charge in [-0.15, -0.1) is 0 Å². The number of aromatic nitrogens is 1. The first-order chi connectivity index (χ1) is 18.7. The topological polar surface area (TPSA) is 127 Å². The number of oxime groups is 1. The molecule has 1 spiro atoms. The summed E-state index contributed by atoms with van der Waals surface area (Å²) in [4.78, 5) is 47.3. The Hall–Kier alpha value is -4.34. The standard InChI is InChI=1S/C29H33N5O5/c1-17(2)12-23(32-26(35)22-13-19-21(31-22)9-7-11-25(19)39-4)27(36)34-16-29(14-18(34)15-30-38)20-8-5-6-10-24(20)33(3)28(29)37/h5-11,13,15,17-18,23,31,38H,12,14,16H2,1-4H3,(H,32,35)/b30-15+/t18-,23-,29-/m0/s1. The highest BCUT2D eigenvalue weighted by Gasteiger charge is 2.57. The lowest BCUT2D eigenvalue weighted by molar-refractivity contribution is -0.133. The maximum absolute atomic E-state index is 14.1. The van der Waals surface area contributed by atoms with Crippen molar-refractivity contribution in [3.63, 3.8) is 0 Å². The fourth-order valence-corrected chi connectivity index (χ4v) is 6.01. The lowest BCUT2D eigenvalue weighted by Gasteiger charge is -2.29. The van der Waals surface area contributed by atoms with Gasteiger partial charge in [0.25, 0.3) is 5.91 Å². The largest absolute Gasteiger partial charge is 0.496 e. The number of fused-ring (bicyclic) bond motifs is 3. The highest BCUT2D eigenvalue weighted by atomic mass is 16.5. The molecule has 0 bridgehead atoms. The van der Waals surface area contributed by atoms with Crippen LogP contribution < -0.4 is 15.0 Å². The van der Waals surface area contributed by atoms with Gasteiger partial charge in [-0.2, -0.15) is 0 Å². The van der Waals surface area contributed by atoms with Crippen molar-refractivity contribution in [1.82, 2.24) is 15.2 Å². The molecule has 1 fully saturated rings. The van der Waals surface area contributed by atoms with Crippen LogP contribution in [0.25, 0.3) is 10.9 Å². The molecular formula is C29H33N5O5. The van der Waals surface area contributed by atoms with Crippen molar-refractivity contribution in [2.45, 2.75) is 44.2 Å². The second kappa shape index (κ2) is 10.1. The SMILES string of the molecule is COc1cccc2[nH]c(C(=O)N[C@@H](CC(C)C)C(=O)N3C[C@]4(C[C@H]3/C=N/O)C(=O)N(C)c3ccccc34)cc12. The number of benzene rings is 2. The van der Waals surface area contributed by atoms with Gasteiger partial charge in [0.2, 0.25) is 11.8 Å². The van der Waals surface area contributed by atoms with Crippen molar-refractivity contribution in [2.75, 3.05) is 25.6 Å². The number of ether oxygens (including phenoxy) is 1.